The lowest BCUT2D eigenvalue weighted by Crippen LogP contribution is -2.48. The van der Waals surface area contributed by atoms with Gasteiger partial charge in [0, 0.05) is 24.7 Å². The molecule has 2 bridgehead atoms. The van der Waals surface area contributed by atoms with Crippen molar-refractivity contribution in [2.75, 3.05) is 17.2 Å². The SMILES string of the molecule is CC(=O)Nc1ccc(NC(=O)COC(=O)[C@H](Cc2ccccc2)N2C(=O)[C@H]3[C@H](C2=O)[C@H]2C=C[C@H]3C2)cc1. The van der Waals surface area contributed by atoms with Gasteiger partial charge in [0.05, 0.1) is 11.8 Å². The van der Waals surface area contributed by atoms with Crippen molar-refractivity contribution in [1.82, 2.24) is 4.90 Å². The van der Waals surface area contributed by atoms with E-state index in [0.29, 0.717) is 11.4 Å². The molecule has 37 heavy (non-hydrogen) atoms. The molecule has 9 nitrogen and oxygen atoms in total. The van der Waals surface area contributed by atoms with Crippen LogP contribution in [0.4, 0.5) is 11.4 Å². The number of carbonyl (C=O) groups excluding carboxylic acids is 5. The third kappa shape index (κ3) is 4.89. The number of allylic oxidation sites excluding steroid dienone is 2. The van der Waals surface area contributed by atoms with E-state index in [-0.39, 0.29) is 36.0 Å². The Labute approximate surface area is 213 Å². The second-order valence-corrected chi connectivity index (χ2v) is 9.67. The van der Waals surface area contributed by atoms with E-state index in [1.165, 1.54) is 6.92 Å². The zero-order valence-corrected chi connectivity index (χ0v) is 20.3. The molecule has 190 valence electrons. The second-order valence-electron chi connectivity index (χ2n) is 9.67. The number of hydrogen-bond donors (Lipinski definition) is 2. The van der Waals surface area contributed by atoms with Crippen LogP contribution in [0.2, 0.25) is 0 Å². The number of imide groups is 1. The first-order valence-corrected chi connectivity index (χ1v) is 12.2. The summed E-state index contributed by atoms with van der Waals surface area (Å²) in [5, 5.41) is 5.25. The van der Waals surface area contributed by atoms with Gasteiger partial charge in [-0.1, -0.05) is 42.5 Å². The van der Waals surface area contributed by atoms with Crippen LogP contribution in [0, 0.1) is 23.7 Å². The third-order valence-electron chi connectivity index (χ3n) is 7.19. The van der Waals surface area contributed by atoms with Gasteiger partial charge in [-0.2, -0.15) is 0 Å². The summed E-state index contributed by atoms with van der Waals surface area (Å²) in [5.74, 6) is -3.09. The highest BCUT2D eigenvalue weighted by Gasteiger charge is 2.61. The monoisotopic (exact) mass is 501 g/mol. The molecule has 5 rings (SSSR count). The third-order valence-corrected chi connectivity index (χ3v) is 7.19. The topological polar surface area (TPSA) is 122 Å². The molecule has 5 atom stereocenters. The highest BCUT2D eigenvalue weighted by molar-refractivity contribution is 6.09. The Hall–Kier alpha value is -4.27. The van der Waals surface area contributed by atoms with E-state index in [4.69, 9.17) is 4.74 Å². The van der Waals surface area contributed by atoms with Gasteiger partial charge in [-0.3, -0.25) is 24.1 Å². The van der Waals surface area contributed by atoms with Gasteiger partial charge >= 0.3 is 5.97 Å². The molecule has 0 radical (unpaired) electrons. The van der Waals surface area contributed by atoms with Crippen molar-refractivity contribution in [2.45, 2.75) is 25.8 Å². The predicted molar refractivity (Wildman–Crippen MR) is 134 cm³/mol. The Morgan fingerprint density at radius 2 is 1.46 bits per heavy atom. The van der Waals surface area contributed by atoms with Crippen LogP contribution in [-0.4, -0.2) is 47.1 Å². The van der Waals surface area contributed by atoms with Crippen LogP contribution < -0.4 is 10.6 Å². The fraction of sp³-hybridized carbons (Fsp3) is 0.321. The average molecular weight is 502 g/mol. The predicted octanol–water partition coefficient (Wildman–Crippen LogP) is 2.55. The van der Waals surface area contributed by atoms with Gasteiger partial charge in [0.1, 0.15) is 6.04 Å². The molecule has 0 aromatic heterocycles. The first-order chi connectivity index (χ1) is 17.8. The highest BCUT2D eigenvalue weighted by Crippen LogP contribution is 2.53. The number of nitrogens with zero attached hydrogens (tertiary/aromatic N) is 1. The lowest BCUT2D eigenvalue weighted by atomic mass is 9.85. The lowest BCUT2D eigenvalue weighted by molar-refractivity contribution is -0.160. The quantitative estimate of drug-likeness (QED) is 0.326. The highest BCUT2D eigenvalue weighted by atomic mass is 16.5. The maximum atomic E-state index is 13.4. The summed E-state index contributed by atoms with van der Waals surface area (Å²) in [6.07, 6.45) is 4.89. The first kappa shape index (κ1) is 24.4. The van der Waals surface area contributed by atoms with Gasteiger partial charge < -0.3 is 15.4 Å². The van der Waals surface area contributed by atoms with E-state index in [0.717, 1.165) is 16.9 Å². The van der Waals surface area contributed by atoms with E-state index in [2.05, 4.69) is 10.6 Å². The Morgan fingerprint density at radius 1 is 0.892 bits per heavy atom. The number of hydrogen-bond acceptors (Lipinski definition) is 6. The molecule has 9 heteroatoms. The van der Waals surface area contributed by atoms with Crippen molar-refractivity contribution in [3.8, 4) is 0 Å². The van der Waals surface area contributed by atoms with Crippen molar-refractivity contribution in [1.29, 1.82) is 0 Å². The summed E-state index contributed by atoms with van der Waals surface area (Å²) in [6, 6.07) is 14.4. The fourth-order valence-electron chi connectivity index (χ4n) is 5.62. The van der Waals surface area contributed by atoms with Crippen molar-refractivity contribution >= 4 is 41.0 Å². The molecule has 3 aliphatic rings. The maximum Gasteiger partial charge on any atom is 0.330 e. The molecule has 1 saturated heterocycles. The van der Waals surface area contributed by atoms with E-state index < -0.39 is 36.4 Å². The van der Waals surface area contributed by atoms with Crippen LogP contribution >= 0.6 is 0 Å². The van der Waals surface area contributed by atoms with Crippen LogP contribution in [0.5, 0.6) is 0 Å². The summed E-state index contributed by atoms with van der Waals surface area (Å²) in [7, 11) is 0. The lowest BCUT2D eigenvalue weighted by Gasteiger charge is -2.26. The molecule has 2 N–H and O–H groups in total. The zero-order chi connectivity index (χ0) is 26.1. The summed E-state index contributed by atoms with van der Waals surface area (Å²) in [4.78, 5) is 64.6. The van der Waals surface area contributed by atoms with Crippen LogP contribution in [0.25, 0.3) is 0 Å². The number of anilines is 2. The van der Waals surface area contributed by atoms with Crippen LogP contribution in [0.1, 0.15) is 18.9 Å². The summed E-state index contributed by atoms with van der Waals surface area (Å²) in [5.41, 5.74) is 1.80. The number of amides is 4. The van der Waals surface area contributed by atoms with Crippen LogP contribution in [0.15, 0.2) is 66.7 Å². The standard InChI is InChI=1S/C28H27N3O6/c1-16(32)29-20-9-11-21(12-10-20)30-23(33)15-37-28(36)22(13-17-5-3-2-4-6-17)31-26(34)24-18-7-8-19(14-18)25(24)27(31)35/h2-12,18-19,22,24-25H,13-15H2,1H3,(H,29,32)(H,30,33)/t18-,19-,22-,24+,25+/m0/s1. The van der Waals surface area contributed by atoms with Gasteiger partial charge in [-0.05, 0) is 48.1 Å². The molecule has 1 saturated carbocycles. The Balaban J connectivity index is 1.27. The summed E-state index contributed by atoms with van der Waals surface area (Å²) >= 11 is 0. The number of esters is 1. The number of benzene rings is 2. The first-order valence-electron chi connectivity index (χ1n) is 12.2. The molecular formula is C28H27N3O6. The van der Waals surface area contributed by atoms with Gasteiger partial charge in [0.2, 0.25) is 17.7 Å². The average Bonchev–Trinajstić information content (AvgIpc) is 3.56. The number of carbonyl (C=O) groups is 5. The van der Waals surface area contributed by atoms with Crippen molar-refractivity contribution in [3.63, 3.8) is 0 Å². The Morgan fingerprint density at radius 3 is 2.03 bits per heavy atom. The zero-order valence-electron chi connectivity index (χ0n) is 20.3. The molecule has 2 aromatic carbocycles. The van der Waals surface area contributed by atoms with Crippen molar-refractivity contribution in [2.24, 2.45) is 23.7 Å². The maximum absolute atomic E-state index is 13.4. The smallest absolute Gasteiger partial charge is 0.330 e. The normalized spacial score (nSPS) is 24.1. The molecule has 1 heterocycles. The molecule has 4 amide bonds. The van der Waals surface area contributed by atoms with Gasteiger partial charge in [0.25, 0.3) is 5.91 Å². The van der Waals surface area contributed by atoms with Gasteiger partial charge in [-0.25, -0.2) is 4.79 Å². The number of fused-ring (bicyclic) bond motifs is 5. The summed E-state index contributed by atoms with van der Waals surface area (Å²) in [6.45, 7) is 0.819. The van der Waals surface area contributed by atoms with E-state index in [9.17, 15) is 24.0 Å². The molecular weight excluding hydrogens is 474 g/mol. The molecule has 1 aliphatic heterocycles. The minimum Gasteiger partial charge on any atom is -0.454 e. The Kier molecular flexibility index (Phi) is 6.60. The van der Waals surface area contributed by atoms with E-state index in [1.807, 2.05) is 42.5 Å². The Bertz CT molecular complexity index is 1240. The summed E-state index contributed by atoms with van der Waals surface area (Å²) < 4.78 is 5.32. The molecule has 2 aromatic rings. The number of likely N-dealkylation sites (tertiary alicyclic amines) is 1. The molecule has 0 unspecified atom stereocenters. The minimum absolute atomic E-state index is 0.0210. The number of rotatable bonds is 8. The number of ether oxygens (including phenoxy) is 1. The minimum atomic E-state index is -1.16. The van der Waals surface area contributed by atoms with Gasteiger partial charge in [-0.15, -0.1) is 0 Å². The van der Waals surface area contributed by atoms with Crippen molar-refractivity contribution < 1.29 is 28.7 Å². The van der Waals surface area contributed by atoms with Crippen molar-refractivity contribution in [3.05, 3.63) is 72.3 Å². The largest absolute Gasteiger partial charge is 0.454 e. The van der Waals surface area contributed by atoms with Crippen LogP contribution in [-0.2, 0) is 35.1 Å². The molecule has 2 fully saturated rings. The molecule has 0 spiro atoms. The van der Waals surface area contributed by atoms with E-state index >= 15 is 0 Å². The fourth-order valence-corrected chi connectivity index (χ4v) is 5.62. The van der Waals surface area contributed by atoms with E-state index in [1.54, 1.807) is 24.3 Å². The van der Waals surface area contributed by atoms with Crippen LogP contribution in [0.3, 0.4) is 0 Å². The van der Waals surface area contributed by atoms with Gasteiger partial charge in [0.15, 0.2) is 6.61 Å². The second kappa shape index (κ2) is 10.0. The molecule has 2 aliphatic carbocycles. The number of nitrogens with one attached hydrogen (secondary N) is 2.